The number of aliphatic imine (C=N–C) groups is 1. The van der Waals surface area contributed by atoms with Crippen LogP contribution in [0.1, 0.15) is 0 Å². The quantitative estimate of drug-likeness (QED) is 0.477. The van der Waals surface area contributed by atoms with Gasteiger partial charge in [0, 0.05) is 0 Å². The molecule has 44 valence electrons. The van der Waals surface area contributed by atoms with Crippen LogP contribution in [0.3, 0.4) is 0 Å². The van der Waals surface area contributed by atoms with Crippen molar-refractivity contribution in [2.45, 2.75) is 6.29 Å². The van der Waals surface area contributed by atoms with E-state index in [1.165, 1.54) is 12.5 Å². The molecule has 1 unspecified atom stereocenters. The van der Waals surface area contributed by atoms with Crippen LogP contribution >= 0.6 is 0 Å². The molecule has 0 spiro atoms. The Morgan fingerprint density at radius 1 is 1.75 bits per heavy atom. The second kappa shape index (κ2) is 2.47. The lowest BCUT2D eigenvalue weighted by molar-refractivity contribution is 0.0102. The Morgan fingerprint density at radius 3 is 3.50 bits per heavy atom. The van der Waals surface area contributed by atoms with Gasteiger partial charge in [0.2, 0.25) is 6.29 Å². The first-order chi connectivity index (χ1) is 3.89. The minimum absolute atomic E-state index is 0.594. The first-order valence-electron chi connectivity index (χ1n) is 2.38. The fourth-order valence-corrected chi connectivity index (χ4v) is 0.426. The Hall–Kier alpha value is -0.830. The van der Waals surface area contributed by atoms with Crippen molar-refractivity contribution in [1.82, 2.24) is 0 Å². The van der Waals surface area contributed by atoms with Gasteiger partial charge in [0.15, 0.2) is 0 Å². The molecule has 1 N–H and O–H groups in total. The Labute approximate surface area is 47.3 Å². The molecule has 0 aromatic rings. The van der Waals surface area contributed by atoms with Crippen molar-refractivity contribution in [3.8, 4) is 0 Å². The van der Waals surface area contributed by atoms with E-state index in [2.05, 4.69) is 9.73 Å². The maximum Gasteiger partial charge on any atom is 0.233 e. The molecule has 0 saturated heterocycles. The van der Waals surface area contributed by atoms with E-state index >= 15 is 0 Å². The Morgan fingerprint density at radius 2 is 2.62 bits per heavy atom. The van der Waals surface area contributed by atoms with Gasteiger partial charge in [-0.25, -0.2) is 0 Å². The fourth-order valence-electron chi connectivity index (χ4n) is 0.426. The van der Waals surface area contributed by atoms with Crippen molar-refractivity contribution in [2.75, 3.05) is 6.54 Å². The van der Waals surface area contributed by atoms with E-state index in [1.807, 2.05) is 0 Å². The summed E-state index contributed by atoms with van der Waals surface area (Å²) in [5.74, 6) is 0. The summed E-state index contributed by atoms with van der Waals surface area (Å²) >= 11 is 0. The van der Waals surface area contributed by atoms with Crippen molar-refractivity contribution >= 4 is 6.21 Å². The Kier molecular flexibility index (Phi) is 1.64. The van der Waals surface area contributed by atoms with Crippen molar-refractivity contribution in [3.05, 3.63) is 12.3 Å². The van der Waals surface area contributed by atoms with Gasteiger partial charge in [-0.3, -0.25) is 4.99 Å². The zero-order valence-electron chi connectivity index (χ0n) is 4.32. The van der Waals surface area contributed by atoms with Crippen LogP contribution in [-0.4, -0.2) is 24.2 Å². The summed E-state index contributed by atoms with van der Waals surface area (Å²) in [4.78, 5) is 3.77. The highest BCUT2D eigenvalue weighted by Gasteiger charge is 1.96. The molecule has 0 amide bonds. The maximum atomic E-state index is 8.67. The summed E-state index contributed by atoms with van der Waals surface area (Å²) in [6, 6.07) is 0. The molecule has 0 saturated carbocycles. The summed E-state index contributed by atoms with van der Waals surface area (Å²) in [7, 11) is 0. The van der Waals surface area contributed by atoms with Gasteiger partial charge in [-0.1, -0.05) is 0 Å². The molecular weight excluding hydrogens is 106 g/mol. The first kappa shape index (κ1) is 5.31. The van der Waals surface area contributed by atoms with Crippen molar-refractivity contribution in [1.29, 1.82) is 0 Å². The largest absolute Gasteiger partial charge is 0.468 e. The normalized spacial score (nSPS) is 26.9. The second-order valence-electron chi connectivity index (χ2n) is 1.41. The Balaban J connectivity index is 2.48. The number of hydrogen-bond acceptors (Lipinski definition) is 3. The third kappa shape index (κ3) is 1.35. The monoisotopic (exact) mass is 113 g/mol. The molecule has 0 bridgehead atoms. The van der Waals surface area contributed by atoms with Crippen LogP contribution < -0.4 is 0 Å². The van der Waals surface area contributed by atoms with E-state index in [1.54, 1.807) is 6.08 Å². The van der Waals surface area contributed by atoms with E-state index < -0.39 is 6.29 Å². The average Bonchev–Trinajstić information content (AvgIpc) is 1.94. The predicted molar refractivity (Wildman–Crippen MR) is 29.6 cm³/mol. The molecule has 3 heteroatoms. The highest BCUT2D eigenvalue weighted by Crippen LogP contribution is 1.89. The fraction of sp³-hybridized carbons (Fsp3) is 0.400. The molecule has 1 aliphatic heterocycles. The smallest absolute Gasteiger partial charge is 0.233 e. The molecule has 1 aliphatic rings. The zero-order valence-corrected chi connectivity index (χ0v) is 4.32. The van der Waals surface area contributed by atoms with E-state index in [4.69, 9.17) is 5.11 Å². The molecular formula is C5H7NO2. The summed E-state index contributed by atoms with van der Waals surface area (Å²) in [5.41, 5.74) is 0. The number of aliphatic hydroxyl groups is 1. The highest BCUT2D eigenvalue weighted by atomic mass is 16.6. The van der Waals surface area contributed by atoms with Crippen molar-refractivity contribution in [2.24, 2.45) is 4.99 Å². The number of nitrogens with zero attached hydrogens (tertiary/aromatic N) is 1. The van der Waals surface area contributed by atoms with Crippen molar-refractivity contribution in [3.63, 3.8) is 0 Å². The standard InChI is InChI=1S/C5H7NO2/c7-5-4-6-2-1-3-8-5/h1,3-5,7H,2H2. The number of rotatable bonds is 0. The van der Waals surface area contributed by atoms with Crippen LogP contribution in [-0.2, 0) is 4.74 Å². The molecule has 0 aliphatic carbocycles. The third-order valence-electron chi connectivity index (χ3n) is 0.758. The van der Waals surface area contributed by atoms with E-state index in [9.17, 15) is 0 Å². The maximum absolute atomic E-state index is 8.67. The number of aliphatic hydroxyl groups excluding tert-OH is 1. The number of ether oxygens (including phenoxy) is 1. The molecule has 1 rings (SSSR count). The minimum Gasteiger partial charge on any atom is -0.468 e. The average molecular weight is 113 g/mol. The zero-order chi connectivity index (χ0) is 5.82. The van der Waals surface area contributed by atoms with Gasteiger partial charge in [-0.2, -0.15) is 0 Å². The molecule has 1 heterocycles. The van der Waals surface area contributed by atoms with Crippen LogP contribution in [0.4, 0.5) is 0 Å². The molecule has 3 nitrogen and oxygen atoms in total. The lowest BCUT2D eigenvalue weighted by Crippen LogP contribution is -2.07. The minimum atomic E-state index is -0.853. The molecule has 0 aromatic heterocycles. The first-order valence-corrected chi connectivity index (χ1v) is 2.38. The topological polar surface area (TPSA) is 41.8 Å². The van der Waals surface area contributed by atoms with Crippen LogP contribution in [0.2, 0.25) is 0 Å². The van der Waals surface area contributed by atoms with Crippen molar-refractivity contribution < 1.29 is 9.84 Å². The lowest BCUT2D eigenvalue weighted by Gasteiger charge is -1.98. The molecule has 0 fully saturated rings. The van der Waals surface area contributed by atoms with Gasteiger partial charge < -0.3 is 9.84 Å². The Bertz CT molecular complexity index is 120. The molecule has 0 aromatic carbocycles. The van der Waals surface area contributed by atoms with Gasteiger partial charge in [-0.05, 0) is 6.08 Å². The van der Waals surface area contributed by atoms with Gasteiger partial charge in [0.1, 0.15) is 0 Å². The summed E-state index contributed by atoms with van der Waals surface area (Å²) < 4.78 is 4.63. The molecule has 1 atom stereocenters. The van der Waals surface area contributed by atoms with E-state index in [0.29, 0.717) is 6.54 Å². The van der Waals surface area contributed by atoms with Gasteiger partial charge >= 0.3 is 0 Å². The SMILES string of the molecule is OC1C=NCC=CO1. The molecule has 8 heavy (non-hydrogen) atoms. The van der Waals surface area contributed by atoms with Crippen LogP contribution in [0.5, 0.6) is 0 Å². The molecule has 0 radical (unpaired) electrons. The van der Waals surface area contributed by atoms with Gasteiger partial charge in [0.05, 0.1) is 19.0 Å². The third-order valence-corrected chi connectivity index (χ3v) is 0.758. The van der Waals surface area contributed by atoms with Gasteiger partial charge in [0.25, 0.3) is 0 Å². The van der Waals surface area contributed by atoms with Crippen LogP contribution in [0, 0.1) is 0 Å². The summed E-state index contributed by atoms with van der Waals surface area (Å²) in [6.07, 6.45) is 3.68. The summed E-state index contributed by atoms with van der Waals surface area (Å²) in [5, 5.41) is 8.67. The van der Waals surface area contributed by atoms with Gasteiger partial charge in [-0.15, -0.1) is 0 Å². The highest BCUT2D eigenvalue weighted by molar-refractivity contribution is 5.61. The van der Waals surface area contributed by atoms with Crippen LogP contribution in [0.15, 0.2) is 17.3 Å². The second-order valence-corrected chi connectivity index (χ2v) is 1.41. The summed E-state index contributed by atoms with van der Waals surface area (Å²) in [6.45, 7) is 0.594. The van der Waals surface area contributed by atoms with E-state index in [0.717, 1.165) is 0 Å². The predicted octanol–water partition coefficient (Wildman–Crippen LogP) is -0.0805. The lowest BCUT2D eigenvalue weighted by atomic mass is 10.6. The van der Waals surface area contributed by atoms with Crippen LogP contribution in [0.25, 0.3) is 0 Å². The number of hydrogen-bond donors (Lipinski definition) is 1. The van der Waals surface area contributed by atoms with E-state index in [-0.39, 0.29) is 0 Å².